The van der Waals surface area contributed by atoms with Crippen LogP contribution in [0.2, 0.25) is 0 Å². The van der Waals surface area contributed by atoms with Crippen molar-refractivity contribution in [1.29, 1.82) is 0 Å². The average Bonchev–Trinajstić information content (AvgIpc) is 3.61. The van der Waals surface area contributed by atoms with Gasteiger partial charge in [0, 0.05) is 53.9 Å². The van der Waals surface area contributed by atoms with Crippen LogP contribution in [0.5, 0.6) is 5.75 Å². The van der Waals surface area contributed by atoms with Crippen LogP contribution in [0, 0.1) is 19.8 Å². The lowest BCUT2D eigenvalue weighted by atomic mass is 9.94. The molecule has 6 rings (SSSR count). The maximum Gasteiger partial charge on any atom is 0.228 e. The third-order valence-electron chi connectivity index (χ3n) is 6.88. The standard InChI is InChI=1S/C25H29N5O3/c1-14-7-21(23(11-26-14)33-20-9-18-12-32-13-19(10-20)27-18)17-5-6-30-22(8-17)15(2)24(29-30)28-25(31)16-3-4-16/h5-8,11,16,18-20,27H,3-4,9-10,12-13H2,1-2H3,(H,28,29,31)/t18-,19+,20?. The fraction of sp³-hybridized carbons (Fsp3) is 0.480. The van der Waals surface area contributed by atoms with Crippen molar-refractivity contribution in [3.05, 3.63) is 41.9 Å². The minimum atomic E-state index is 0.0688. The predicted molar refractivity (Wildman–Crippen MR) is 124 cm³/mol. The maximum atomic E-state index is 12.2. The summed E-state index contributed by atoms with van der Waals surface area (Å²) in [5.41, 5.74) is 4.94. The first kappa shape index (κ1) is 20.6. The van der Waals surface area contributed by atoms with Gasteiger partial charge in [-0.1, -0.05) is 0 Å². The molecule has 8 nitrogen and oxygen atoms in total. The van der Waals surface area contributed by atoms with Gasteiger partial charge in [0.2, 0.25) is 5.91 Å². The largest absolute Gasteiger partial charge is 0.488 e. The van der Waals surface area contributed by atoms with Crippen LogP contribution in [0.1, 0.15) is 36.9 Å². The molecule has 2 saturated heterocycles. The molecule has 3 fully saturated rings. The number of aryl methyl sites for hydroxylation is 2. The van der Waals surface area contributed by atoms with E-state index in [4.69, 9.17) is 9.47 Å². The van der Waals surface area contributed by atoms with Crippen molar-refractivity contribution in [2.24, 2.45) is 5.92 Å². The Morgan fingerprint density at radius 3 is 2.76 bits per heavy atom. The van der Waals surface area contributed by atoms with E-state index in [0.29, 0.717) is 17.9 Å². The fourth-order valence-corrected chi connectivity index (χ4v) is 4.94. The highest BCUT2D eigenvalue weighted by Gasteiger charge is 2.33. The van der Waals surface area contributed by atoms with Gasteiger partial charge < -0.3 is 20.1 Å². The van der Waals surface area contributed by atoms with Gasteiger partial charge in [-0.15, -0.1) is 5.10 Å². The smallest absolute Gasteiger partial charge is 0.228 e. The van der Waals surface area contributed by atoms with Crippen molar-refractivity contribution < 1.29 is 14.3 Å². The van der Waals surface area contributed by atoms with Crippen molar-refractivity contribution in [2.45, 2.75) is 57.7 Å². The van der Waals surface area contributed by atoms with Crippen molar-refractivity contribution in [2.75, 3.05) is 18.5 Å². The van der Waals surface area contributed by atoms with Crippen molar-refractivity contribution in [3.8, 4) is 16.9 Å². The summed E-state index contributed by atoms with van der Waals surface area (Å²) in [6.07, 6.45) is 7.71. The molecule has 2 bridgehead atoms. The second-order valence-corrected chi connectivity index (χ2v) is 9.61. The summed E-state index contributed by atoms with van der Waals surface area (Å²) in [7, 11) is 0. The highest BCUT2D eigenvalue weighted by Crippen LogP contribution is 2.35. The Balaban J connectivity index is 1.30. The molecule has 3 aromatic rings. The van der Waals surface area contributed by atoms with Crippen molar-refractivity contribution in [1.82, 2.24) is 19.9 Å². The summed E-state index contributed by atoms with van der Waals surface area (Å²) >= 11 is 0. The quantitative estimate of drug-likeness (QED) is 0.624. The SMILES string of the molecule is Cc1cc(-c2ccn3nc(NC(=O)C4CC4)c(C)c3c2)c(OC2C[C@H]3COC[C@@H](C2)N3)cn1. The van der Waals surface area contributed by atoms with Gasteiger partial charge in [-0.25, -0.2) is 4.52 Å². The second kappa shape index (κ2) is 8.11. The Kier molecular flexibility index (Phi) is 5.07. The first-order valence-electron chi connectivity index (χ1n) is 11.8. The molecule has 0 radical (unpaired) electrons. The van der Waals surface area contributed by atoms with Gasteiger partial charge in [0.25, 0.3) is 0 Å². The third-order valence-corrected chi connectivity index (χ3v) is 6.88. The van der Waals surface area contributed by atoms with E-state index in [9.17, 15) is 4.79 Å². The number of aromatic nitrogens is 3. The molecule has 5 heterocycles. The number of piperidine rings is 1. The number of carbonyl (C=O) groups excluding carboxylic acids is 1. The molecule has 0 aromatic carbocycles. The molecule has 0 spiro atoms. The molecule has 2 N–H and O–H groups in total. The van der Waals surface area contributed by atoms with Crippen LogP contribution in [0.4, 0.5) is 5.82 Å². The number of hydrogen-bond acceptors (Lipinski definition) is 6. The zero-order chi connectivity index (χ0) is 22.5. The summed E-state index contributed by atoms with van der Waals surface area (Å²) in [6, 6.07) is 6.92. The Hall–Kier alpha value is -2.97. The van der Waals surface area contributed by atoms with Crippen LogP contribution in [0.3, 0.4) is 0 Å². The van der Waals surface area contributed by atoms with Crippen molar-refractivity contribution in [3.63, 3.8) is 0 Å². The van der Waals surface area contributed by atoms with Gasteiger partial charge >= 0.3 is 0 Å². The van der Waals surface area contributed by atoms with Gasteiger partial charge in [0.15, 0.2) is 5.82 Å². The van der Waals surface area contributed by atoms with Gasteiger partial charge in [-0.05, 0) is 50.5 Å². The van der Waals surface area contributed by atoms with E-state index in [-0.39, 0.29) is 17.9 Å². The summed E-state index contributed by atoms with van der Waals surface area (Å²) < 4.78 is 14.0. The van der Waals surface area contributed by atoms with E-state index < -0.39 is 0 Å². The van der Waals surface area contributed by atoms with E-state index in [1.165, 1.54) is 0 Å². The Morgan fingerprint density at radius 1 is 1.21 bits per heavy atom. The Morgan fingerprint density at radius 2 is 2.00 bits per heavy atom. The zero-order valence-electron chi connectivity index (χ0n) is 19.0. The molecule has 1 aliphatic carbocycles. The van der Waals surface area contributed by atoms with Crippen LogP contribution in [0.25, 0.3) is 16.6 Å². The molecule has 1 unspecified atom stereocenters. The van der Waals surface area contributed by atoms with Crippen LogP contribution < -0.4 is 15.4 Å². The molecule has 172 valence electrons. The average molecular weight is 448 g/mol. The number of rotatable bonds is 5. The summed E-state index contributed by atoms with van der Waals surface area (Å²) in [4.78, 5) is 16.8. The molecule has 3 aromatic heterocycles. The van der Waals surface area contributed by atoms with Crippen LogP contribution >= 0.6 is 0 Å². The Bertz CT molecular complexity index is 1210. The summed E-state index contributed by atoms with van der Waals surface area (Å²) in [6.45, 7) is 5.48. The van der Waals surface area contributed by atoms with Crippen molar-refractivity contribution >= 4 is 17.2 Å². The summed E-state index contributed by atoms with van der Waals surface area (Å²) in [5.74, 6) is 1.65. The highest BCUT2D eigenvalue weighted by atomic mass is 16.5. The van der Waals surface area contributed by atoms with Crippen LogP contribution in [0.15, 0.2) is 30.6 Å². The number of ether oxygens (including phenoxy) is 2. The van der Waals surface area contributed by atoms with Gasteiger partial charge in [0.1, 0.15) is 11.9 Å². The normalized spacial score (nSPS) is 24.6. The topological polar surface area (TPSA) is 89.8 Å². The summed E-state index contributed by atoms with van der Waals surface area (Å²) in [5, 5.41) is 11.2. The second-order valence-electron chi connectivity index (χ2n) is 9.61. The van der Waals surface area contributed by atoms with E-state index in [0.717, 1.165) is 72.5 Å². The number of hydrogen-bond donors (Lipinski definition) is 2. The van der Waals surface area contributed by atoms with E-state index in [1.54, 1.807) is 0 Å². The molecule has 2 aliphatic heterocycles. The molecule has 3 aliphatic rings. The lowest BCUT2D eigenvalue weighted by Gasteiger charge is -2.40. The predicted octanol–water partition coefficient (Wildman–Crippen LogP) is 3.26. The van der Waals surface area contributed by atoms with E-state index in [2.05, 4.69) is 32.8 Å². The third kappa shape index (κ3) is 4.09. The first-order chi connectivity index (χ1) is 16.0. The number of morpholine rings is 1. The number of nitrogens with zero attached hydrogens (tertiary/aromatic N) is 3. The van der Waals surface area contributed by atoms with Gasteiger partial charge in [0.05, 0.1) is 24.9 Å². The highest BCUT2D eigenvalue weighted by molar-refractivity contribution is 5.95. The number of carbonyl (C=O) groups is 1. The maximum absolute atomic E-state index is 12.2. The lowest BCUT2D eigenvalue weighted by Crippen LogP contribution is -2.56. The number of pyridine rings is 2. The molecule has 1 saturated carbocycles. The monoisotopic (exact) mass is 447 g/mol. The van der Waals surface area contributed by atoms with Gasteiger partial charge in [-0.3, -0.25) is 9.78 Å². The molecular formula is C25H29N5O3. The number of amides is 1. The molecule has 8 heteroatoms. The van der Waals surface area contributed by atoms with Crippen LogP contribution in [-0.2, 0) is 9.53 Å². The molecule has 1 amide bonds. The lowest BCUT2D eigenvalue weighted by molar-refractivity contribution is -0.117. The minimum absolute atomic E-state index is 0.0688. The number of fused-ring (bicyclic) bond motifs is 3. The van der Waals surface area contributed by atoms with E-state index >= 15 is 0 Å². The minimum Gasteiger partial charge on any atom is -0.488 e. The Labute approximate surface area is 192 Å². The fourth-order valence-electron chi connectivity index (χ4n) is 4.94. The zero-order valence-corrected chi connectivity index (χ0v) is 19.0. The van der Waals surface area contributed by atoms with Crippen LogP contribution in [-0.4, -0.2) is 51.9 Å². The molecule has 3 atom stereocenters. The number of nitrogens with one attached hydrogen (secondary N) is 2. The van der Waals surface area contributed by atoms with E-state index in [1.807, 2.05) is 36.8 Å². The first-order valence-corrected chi connectivity index (χ1v) is 11.8. The van der Waals surface area contributed by atoms with Gasteiger partial charge in [-0.2, -0.15) is 0 Å². The molecular weight excluding hydrogens is 418 g/mol. The molecule has 33 heavy (non-hydrogen) atoms. The number of anilines is 1.